The molecule has 1 amide bonds. The van der Waals surface area contributed by atoms with E-state index in [0.29, 0.717) is 34.4 Å². The molecule has 0 saturated carbocycles. The molecule has 2 N–H and O–H groups in total. The zero-order valence-electron chi connectivity index (χ0n) is 19.0. The number of nitrogens with zero attached hydrogens (tertiary/aromatic N) is 1. The predicted molar refractivity (Wildman–Crippen MR) is 128 cm³/mol. The van der Waals surface area contributed by atoms with Crippen LogP contribution in [0.4, 0.5) is 4.39 Å². The van der Waals surface area contributed by atoms with E-state index >= 15 is 0 Å². The molecule has 1 aromatic heterocycles. The van der Waals surface area contributed by atoms with Crippen molar-refractivity contribution in [2.24, 2.45) is 5.10 Å². The van der Waals surface area contributed by atoms with E-state index in [1.165, 1.54) is 43.8 Å². The van der Waals surface area contributed by atoms with Gasteiger partial charge in [-0.3, -0.25) is 9.59 Å². The van der Waals surface area contributed by atoms with Crippen LogP contribution in [0.25, 0.3) is 10.1 Å². The van der Waals surface area contributed by atoms with Gasteiger partial charge < -0.3 is 19.3 Å². The highest BCUT2D eigenvalue weighted by Crippen LogP contribution is 2.39. The average molecular weight is 489 g/mol. The Labute approximate surface area is 199 Å². The van der Waals surface area contributed by atoms with Gasteiger partial charge in [0.25, 0.3) is 0 Å². The number of hydrazone groups is 1. The molecule has 3 rings (SSSR count). The van der Waals surface area contributed by atoms with Gasteiger partial charge in [0, 0.05) is 42.7 Å². The topological polar surface area (TPSA) is 106 Å². The minimum absolute atomic E-state index is 0.0292. The van der Waals surface area contributed by atoms with E-state index in [0.717, 1.165) is 0 Å². The summed E-state index contributed by atoms with van der Waals surface area (Å²) in [5.41, 5.74) is 3.74. The second kappa shape index (κ2) is 11.6. The predicted octanol–water partition coefficient (Wildman–Crippen LogP) is 4.28. The van der Waals surface area contributed by atoms with Gasteiger partial charge in [0.15, 0.2) is 17.3 Å². The van der Waals surface area contributed by atoms with Gasteiger partial charge in [-0.15, -0.1) is 11.3 Å². The number of benzene rings is 2. The van der Waals surface area contributed by atoms with Crippen molar-refractivity contribution >= 4 is 38.8 Å². The molecule has 0 aliphatic heterocycles. The molecule has 0 spiro atoms. The van der Waals surface area contributed by atoms with Crippen LogP contribution in [0.2, 0.25) is 0 Å². The van der Waals surface area contributed by atoms with Gasteiger partial charge in [-0.1, -0.05) is 12.1 Å². The molecule has 10 heteroatoms. The van der Waals surface area contributed by atoms with Crippen LogP contribution in [-0.2, 0) is 9.53 Å². The lowest BCUT2D eigenvalue weighted by Gasteiger charge is -2.12. The lowest BCUT2D eigenvalue weighted by atomic mass is 10.0. The number of rotatable bonds is 11. The monoisotopic (exact) mass is 488 g/mol. The fraction of sp³-hybridized carbons (Fsp3) is 0.292. The van der Waals surface area contributed by atoms with Gasteiger partial charge >= 0.3 is 0 Å². The van der Waals surface area contributed by atoms with E-state index in [4.69, 9.17) is 14.2 Å². The molecule has 0 unspecified atom stereocenters. The highest BCUT2D eigenvalue weighted by Gasteiger charge is 2.20. The third kappa shape index (κ3) is 5.52. The minimum Gasteiger partial charge on any atom is -0.504 e. The van der Waals surface area contributed by atoms with Gasteiger partial charge in [-0.25, -0.2) is 9.82 Å². The summed E-state index contributed by atoms with van der Waals surface area (Å²) in [4.78, 5) is 24.9. The molecule has 1 heterocycles. The third-order valence-corrected chi connectivity index (χ3v) is 6.12. The molecule has 8 nitrogen and oxygen atoms in total. The molecule has 0 saturated heterocycles. The van der Waals surface area contributed by atoms with E-state index in [-0.39, 0.29) is 41.5 Å². The summed E-state index contributed by atoms with van der Waals surface area (Å²) in [6, 6.07) is 7.73. The number of hydrogen-bond donors (Lipinski definition) is 2. The van der Waals surface area contributed by atoms with Crippen LogP contribution in [0.15, 0.2) is 40.8 Å². The van der Waals surface area contributed by atoms with Crippen molar-refractivity contribution in [3.63, 3.8) is 0 Å². The highest BCUT2D eigenvalue weighted by atomic mass is 32.1. The number of ether oxygens (including phenoxy) is 3. The maximum absolute atomic E-state index is 14.1. The van der Waals surface area contributed by atoms with Crippen molar-refractivity contribution in [2.75, 3.05) is 27.9 Å². The van der Waals surface area contributed by atoms with Crippen molar-refractivity contribution in [2.45, 2.75) is 19.3 Å². The first kappa shape index (κ1) is 25.1. The van der Waals surface area contributed by atoms with Crippen LogP contribution in [0.1, 0.15) is 35.2 Å². The van der Waals surface area contributed by atoms with Gasteiger partial charge in [-0.2, -0.15) is 5.10 Å². The zero-order chi connectivity index (χ0) is 24.7. The molecule has 0 aliphatic carbocycles. The van der Waals surface area contributed by atoms with Crippen molar-refractivity contribution in [1.82, 2.24) is 5.43 Å². The second-order valence-corrected chi connectivity index (χ2v) is 8.10. The smallest absolute Gasteiger partial charge is 0.240 e. The molecular weight excluding hydrogens is 463 g/mol. The zero-order valence-corrected chi connectivity index (χ0v) is 19.8. The number of carbonyl (C=O) groups is 2. The molecular formula is C24H25FN2O6S. The number of carbonyl (C=O) groups excluding carboxylic acids is 2. The van der Waals surface area contributed by atoms with Crippen molar-refractivity contribution in [3.8, 4) is 17.2 Å². The summed E-state index contributed by atoms with van der Waals surface area (Å²) in [6.45, 7) is 0.360. The van der Waals surface area contributed by atoms with Crippen LogP contribution < -0.4 is 14.9 Å². The first-order valence-electron chi connectivity index (χ1n) is 10.4. The molecule has 0 bridgehead atoms. The Bertz CT molecular complexity index is 1220. The van der Waals surface area contributed by atoms with E-state index < -0.39 is 11.7 Å². The molecule has 0 radical (unpaired) electrons. The summed E-state index contributed by atoms with van der Waals surface area (Å²) in [5.74, 6) is -1.24. The number of phenols is 1. The summed E-state index contributed by atoms with van der Waals surface area (Å²) < 4.78 is 29.9. The Morgan fingerprint density at radius 3 is 2.56 bits per heavy atom. The number of amides is 1. The highest BCUT2D eigenvalue weighted by molar-refractivity contribution is 7.17. The Morgan fingerprint density at radius 1 is 1.06 bits per heavy atom. The number of halogens is 1. The maximum atomic E-state index is 14.1. The number of hydrogen-bond acceptors (Lipinski definition) is 8. The quantitative estimate of drug-likeness (QED) is 0.237. The van der Waals surface area contributed by atoms with E-state index in [9.17, 15) is 19.1 Å². The third-order valence-electron chi connectivity index (χ3n) is 5.12. The summed E-state index contributed by atoms with van der Waals surface area (Å²) in [7, 11) is 4.32. The van der Waals surface area contributed by atoms with Crippen LogP contribution in [-0.4, -0.2) is 50.4 Å². The summed E-state index contributed by atoms with van der Waals surface area (Å²) >= 11 is 1.26. The maximum Gasteiger partial charge on any atom is 0.240 e. The number of thiophene rings is 1. The number of nitrogens with one attached hydrogen (secondary N) is 1. The number of fused-ring (bicyclic) bond motifs is 1. The van der Waals surface area contributed by atoms with Crippen molar-refractivity contribution in [3.05, 3.63) is 52.7 Å². The first-order chi connectivity index (χ1) is 16.4. The molecule has 2 aromatic carbocycles. The van der Waals surface area contributed by atoms with E-state index in [1.807, 2.05) is 0 Å². The first-order valence-corrected chi connectivity index (χ1v) is 11.3. The Kier molecular flexibility index (Phi) is 8.55. The van der Waals surface area contributed by atoms with E-state index in [1.54, 1.807) is 24.6 Å². The number of aromatic hydroxyl groups is 1. The minimum atomic E-state index is -0.478. The standard InChI is InChI=1S/C24H25FN2O6S/c1-31-12-11-18(16-13-34-24-14(16)5-4-6-17(24)25)26-27-21(29)10-8-19(28)15-7-9-20(32-2)23(33-3)22(15)30/h4-7,9,13,30H,8,10-12H2,1-3H3,(H,27,29)/b26-18-. The lowest BCUT2D eigenvalue weighted by Crippen LogP contribution is -2.21. The average Bonchev–Trinajstić information content (AvgIpc) is 3.27. The number of Topliss-reactive ketones (excluding diaryl/α,β-unsaturated/α-hetero) is 1. The van der Waals surface area contributed by atoms with Gasteiger partial charge in [0.1, 0.15) is 5.82 Å². The largest absolute Gasteiger partial charge is 0.504 e. The van der Waals surface area contributed by atoms with Crippen molar-refractivity contribution in [1.29, 1.82) is 0 Å². The summed E-state index contributed by atoms with van der Waals surface area (Å²) in [5, 5.41) is 17.0. The Hall–Kier alpha value is -3.50. The summed E-state index contributed by atoms with van der Waals surface area (Å²) in [6.07, 6.45) is 0.106. The molecule has 0 atom stereocenters. The number of phenolic OH excluding ortho intramolecular Hbond substituents is 1. The SMILES string of the molecule is COCC/C(=N/NC(=O)CCC(=O)c1ccc(OC)c(OC)c1O)c1csc2c(F)cccc12. The van der Waals surface area contributed by atoms with Gasteiger partial charge in [-0.05, 0) is 18.2 Å². The van der Waals surface area contributed by atoms with Crippen LogP contribution in [0, 0.1) is 5.82 Å². The molecule has 34 heavy (non-hydrogen) atoms. The van der Waals surface area contributed by atoms with Crippen LogP contribution >= 0.6 is 11.3 Å². The van der Waals surface area contributed by atoms with E-state index in [2.05, 4.69) is 10.5 Å². The molecule has 180 valence electrons. The fourth-order valence-electron chi connectivity index (χ4n) is 3.38. The van der Waals surface area contributed by atoms with Crippen molar-refractivity contribution < 1.29 is 33.3 Å². The number of methoxy groups -OCH3 is 3. The van der Waals surface area contributed by atoms with Crippen LogP contribution in [0.5, 0.6) is 17.2 Å². The van der Waals surface area contributed by atoms with Gasteiger partial charge in [0.2, 0.25) is 11.7 Å². The Balaban J connectivity index is 1.70. The molecule has 0 aliphatic rings. The normalized spacial score (nSPS) is 11.5. The van der Waals surface area contributed by atoms with Gasteiger partial charge in [0.05, 0.1) is 36.8 Å². The Morgan fingerprint density at radius 2 is 1.85 bits per heavy atom. The fourth-order valence-corrected chi connectivity index (χ4v) is 4.36. The molecule has 0 fully saturated rings. The molecule has 3 aromatic rings. The number of ketones is 1. The lowest BCUT2D eigenvalue weighted by molar-refractivity contribution is -0.121. The second-order valence-electron chi connectivity index (χ2n) is 7.22. The van der Waals surface area contributed by atoms with Crippen LogP contribution in [0.3, 0.4) is 0 Å².